The normalized spacial score (nSPS) is 17.8. The number of primary amides is 1. The molecule has 6 N–H and O–H groups in total. The van der Waals surface area contributed by atoms with Crippen LogP contribution in [0.15, 0.2) is 10.5 Å². The van der Waals surface area contributed by atoms with Crippen molar-refractivity contribution in [1.29, 1.82) is 0 Å². The third-order valence-corrected chi connectivity index (χ3v) is 4.38. The van der Waals surface area contributed by atoms with Crippen LogP contribution in [0.25, 0.3) is 0 Å². The minimum absolute atomic E-state index is 0.0166. The Morgan fingerprint density at radius 3 is 2.72 bits per heavy atom. The van der Waals surface area contributed by atoms with Crippen LogP contribution in [0.3, 0.4) is 0 Å². The van der Waals surface area contributed by atoms with Crippen molar-refractivity contribution < 1.29 is 32.2 Å². The number of thiazole rings is 1. The highest BCUT2D eigenvalue weighted by molar-refractivity contribution is 7.84. The SMILES string of the molecule is NC(=O)CO/N=C(\C(=O)N[C@H]1CN(S(=O)(=O)O)C1=O)c1csc(N)n1. The molecule has 0 saturated carbocycles. The first-order valence-electron chi connectivity index (χ1n) is 6.39. The van der Waals surface area contributed by atoms with Crippen molar-refractivity contribution in [2.45, 2.75) is 6.04 Å². The zero-order chi connectivity index (χ0) is 18.8. The lowest BCUT2D eigenvalue weighted by Gasteiger charge is -2.35. The first-order chi connectivity index (χ1) is 11.6. The van der Waals surface area contributed by atoms with Crippen LogP contribution in [0.4, 0.5) is 5.13 Å². The molecule has 15 heteroatoms. The molecule has 13 nitrogen and oxygen atoms in total. The average Bonchev–Trinajstić information content (AvgIpc) is 2.91. The van der Waals surface area contributed by atoms with Gasteiger partial charge in [0.25, 0.3) is 17.7 Å². The number of carbonyl (C=O) groups excluding carboxylic acids is 3. The molecule has 2 heterocycles. The lowest BCUT2D eigenvalue weighted by Crippen LogP contribution is -2.65. The minimum atomic E-state index is -4.68. The van der Waals surface area contributed by atoms with Crippen molar-refractivity contribution in [3.8, 4) is 0 Å². The van der Waals surface area contributed by atoms with E-state index in [0.717, 1.165) is 11.3 Å². The molecule has 0 aromatic carbocycles. The molecule has 2 rings (SSSR count). The van der Waals surface area contributed by atoms with Crippen LogP contribution >= 0.6 is 11.3 Å². The standard InChI is InChI=1S/C10H12N6O7S2/c11-6(17)2-23-15-7(5-3-24-10(12)14-5)8(18)13-4-1-16(9(4)19)25(20,21)22/h3-4H,1-2H2,(H2,11,17)(H2,12,14)(H,13,18)(H,20,21,22)/b15-7-/t4-/m0/s1. The zero-order valence-electron chi connectivity index (χ0n) is 12.3. The Morgan fingerprint density at radius 2 is 2.24 bits per heavy atom. The summed E-state index contributed by atoms with van der Waals surface area (Å²) >= 11 is 1.00. The first kappa shape index (κ1) is 18.6. The van der Waals surface area contributed by atoms with Gasteiger partial charge in [0, 0.05) is 5.38 Å². The van der Waals surface area contributed by atoms with Crippen molar-refractivity contribution in [3.05, 3.63) is 11.1 Å². The molecule has 1 atom stereocenters. The smallest absolute Gasteiger partial charge is 0.362 e. The van der Waals surface area contributed by atoms with E-state index < -0.39 is 52.9 Å². The van der Waals surface area contributed by atoms with Crippen LogP contribution in [0.1, 0.15) is 5.69 Å². The summed E-state index contributed by atoms with van der Waals surface area (Å²) in [4.78, 5) is 43.0. The molecule has 1 aliphatic rings. The van der Waals surface area contributed by atoms with E-state index in [1.807, 2.05) is 0 Å². The molecule has 0 unspecified atom stereocenters. The number of nitrogens with two attached hydrogens (primary N) is 2. The fourth-order valence-corrected chi connectivity index (χ4v) is 2.94. The highest BCUT2D eigenvalue weighted by Gasteiger charge is 2.45. The second-order valence-electron chi connectivity index (χ2n) is 4.62. The molecule has 1 fully saturated rings. The van der Waals surface area contributed by atoms with Crippen molar-refractivity contribution in [1.82, 2.24) is 14.6 Å². The first-order valence-corrected chi connectivity index (χ1v) is 8.66. The number of nitrogen functional groups attached to an aromatic ring is 1. The summed E-state index contributed by atoms with van der Waals surface area (Å²) in [5.74, 6) is -2.78. The van der Waals surface area contributed by atoms with Crippen molar-refractivity contribution >= 4 is 50.2 Å². The van der Waals surface area contributed by atoms with Crippen LogP contribution in [-0.4, -0.2) is 64.9 Å². The molecule has 1 aromatic heterocycles. The van der Waals surface area contributed by atoms with E-state index in [9.17, 15) is 22.8 Å². The lowest BCUT2D eigenvalue weighted by molar-refractivity contribution is -0.139. The molecular weight excluding hydrogens is 380 g/mol. The van der Waals surface area contributed by atoms with Crippen molar-refractivity contribution in [2.75, 3.05) is 18.9 Å². The quantitative estimate of drug-likeness (QED) is 0.162. The second-order valence-corrected chi connectivity index (χ2v) is 6.85. The number of rotatable bonds is 7. The van der Waals surface area contributed by atoms with Gasteiger partial charge in [0.05, 0.1) is 6.54 Å². The third kappa shape index (κ3) is 4.40. The maximum absolute atomic E-state index is 12.2. The molecule has 1 aromatic rings. The number of nitrogens with zero attached hydrogens (tertiary/aromatic N) is 3. The van der Waals surface area contributed by atoms with Gasteiger partial charge < -0.3 is 21.6 Å². The van der Waals surface area contributed by atoms with Gasteiger partial charge in [-0.15, -0.1) is 11.3 Å². The van der Waals surface area contributed by atoms with Gasteiger partial charge >= 0.3 is 10.3 Å². The van der Waals surface area contributed by atoms with Crippen LogP contribution < -0.4 is 16.8 Å². The number of amides is 3. The van der Waals surface area contributed by atoms with Crippen molar-refractivity contribution in [3.63, 3.8) is 0 Å². The Balaban J connectivity index is 2.11. The maximum atomic E-state index is 12.2. The van der Waals surface area contributed by atoms with E-state index in [4.69, 9.17) is 16.0 Å². The zero-order valence-corrected chi connectivity index (χ0v) is 13.9. The predicted octanol–water partition coefficient (Wildman–Crippen LogP) is -2.94. The fraction of sp³-hybridized carbons (Fsp3) is 0.300. The van der Waals surface area contributed by atoms with E-state index in [1.165, 1.54) is 5.38 Å². The molecule has 0 radical (unpaired) electrons. The summed E-state index contributed by atoms with van der Waals surface area (Å²) in [6, 6.07) is -1.19. The Labute approximate surface area is 144 Å². The largest absolute Gasteiger partial charge is 0.385 e. The number of hydrogen-bond donors (Lipinski definition) is 4. The number of carbonyl (C=O) groups is 3. The Bertz CT molecular complexity index is 848. The molecule has 0 aliphatic carbocycles. The summed E-state index contributed by atoms with van der Waals surface area (Å²) in [6.07, 6.45) is 0. The predicted molar refractivity (Wildman–Crippen MR) is 83.4 cm³/mol. The van der Waals surface area contributed by atoms with Gasteiger partial charge in [0.1, 0.15) is 11.7 Å². The van der Waals surface area contributed by atoms with E-state index in [2.05, 4.69) is 20.3 Å². The lowest BCUT2D eigenvalue weighted by atomic mass is 10.1. The number of aromatic nitrogens is 1. The number of anilines is 1. The average molecular weight is 392 g/mol. The number of β-lactam (4-membered cyclic amide) rings is 1. The summed E-state index contributed by atoms with van der Waals surface area (Å²) in [6.45, 7) is -1.05. The summed E-state index contributed by atoms with van der Waals surface area (Å²) < 4.78 is 30.7. The molecule has 1 saturated heterocycles. The highest BCUT2D eigenvalue weighted by atomic mass is 32.2. The number of hydrogen-bond acceptors (Lipinski definition) is 10. The molecule has 0 bridgehead atoms. The van der Waals surface area contributed by atoms with E-state index >= 15 is 0 Å². The van der Waals surface area contributed by atoms with Gasteiger partial charge in [-0.3, -0.25) is 18.9 Å². The van der Waals surface area contributed by atoms with Crippen LogP contribution in [-0.2, 0) is 29.5 Å². The van der Waals surface area contributed by atoms with Crippen LogP contribution in [0.5, 0.6) is 0 Å². The van der Waals surface area contributed by atoms with Gasteiger partial charge in [-0.2, -0.15) is 8.42 Å². The highest BCUT2D eigenvalue weighted by Crippen LogP contribution is 2.16. The minimum Gasteiger partial charge on any atom is -0.385 e. The Kier molecular flexibility index (Phi) is 5.19. The summed E-state index contributed by atoms with van der Waals surface area (Å²) in [7, 11) is -4.68. The molecule has 25 heavy (non-hydrogen) atoms. The van der Waals surface area contributed by atoms with Gasteiger partial charge in [-0.25, -0.2) is 9.29 Å². The number of nitrogens with one attached hydrogen (secondary N) is 1. The Morgan fingerprint density at radius 1 is 1.56 bits per heavy atom. The third-order valence-electron chi connectivity index (χ3n) is 2.82. The van der Waals surface area contributed by atoms with Crippen molar-refractivity contribution in [2.24, 2.45) is 10.9 Å². The fourth-order valence-electron chi connectivity index (χ4n) is 1.70. The second kappa shape index (κ2) is 6.99. The number of oxime groups is 1. The molecule has 3 amide bonds. The molecular formula is C10H12N6O7S2. The van der Waals surface area contributed by atoms with Crippen LogP contribution in [0, 0.1) is 0 Å². The topological polar surface area (TPSA) is 207 Å². The van der Waals surface area contributed by atoms with Gasteiger partial charge in [-0.1, -0.05) is 5.16 Å². The summed E-state index contributed by atoms with van der Waals surface area (Å²) in [5, 5.41) is 7.17. The monoisotopic (exact) mass is 392 g/mol. The molecule has 0 spiro atoms. The van der Waals surface area contributed by atoms with E-state index in [-0.39, 0.29) is 15.1 Å². The Hall–Kier alpha value is -2.78. The van der Waals surface area contributed by atoms with Gasteiger partial charge in [-0.05, 0) is 0 Å². The van der Waals surface area contributed by atoms with Gasteiger partial charge in [0.2, 0.25) is 0 Å². The summed E-state index contributed by atoms with van der Waals surface area (Å²) in [5.41, 5.74) is 9.98. The van der Waals surface area contributed by atoms with Crippen LogP contribution in [0.2, 0.25) is 0 Å². The van der Waals surface area contributed by atoms with E-state index in [1.54, 1.807) is 0 Å². The molecule has 1 aliphatic heterocycles. The molecule has 136 valence electrons. The maximum Gasteiger partial charge on any atom is 0.362 e. The van der Waals surface area contributed by atoms with E-state index in [0.29, 0.717) is 0 Å². The van der Waals surface area contributed by atoms with Gasteiger partial charge in [0.15, 0.2) is 17.5 Å².